The molecule has 0 atom stereocenters. The lowest BCUT2D eigenvalue weighted by molar-refractivity contribution is -0.119. The normalized spacial score (nSPS) is 10.1. The van der Waals surface area contributed by atoms with Crippen LogP contribution in [0.2, 0.25) is 0 Å². The molecule has 0 heterocycles. The second-order valence-electron chi connectivity index (χ2n) is 4.79. The number of hydrogen-bond acceptors (Lipinski definition) is 5. The van der Waals surface area contributed by atoms with Gasteiger partial charge in [-0.25, -0.2) is 9.18 Å². The number of halogens is 2. The molecule has 8 heteroatoms. The Balaban J connectivity index is 2.04. The summed E-state index contributed by atoms with van der Waals surface area (Å²) in [7, 11) is 2.79. The van der Waals surface area contributed by atoms with Crippen molar-refractivity contribution in [2.45, 2.75) is 0 Å². The molecule has 0 aliphatic heterocycles. The summed E-state index contributed by atoms with van der Waals surface area (Å²) in [4.78, 5) is 24.1. The van der Waals surface area contributed by atoms with E-state index in [9.17, 15) is 14.0 Å². The molecule has 6 nitrogen and oxygen atoms in total. The topological polar surface area (TPSA) is 73.9 Å². The van der Waals surface area contributed by atoms with Gasteiger partial charge in [-0.3, -0.25) is 4.79 Å². The number of anilines is 1. The maximum Gasteiger partial charge on any atom is 0.346 e. The Hall–Kier alpha value is -2.61. The van der Waals surface area contributed by atoms with Crippen molar-refractivity contribution in [2.75, 3.05) is 26.1 Å². The van der Waals surface area contributed by atoms with E-state index >= 15 is 0 Å². The van der Waals surface area contributed by atoms with Gasteiger partial charge in [0.2, 0.25) is 0 Å². The van der Waals surface area contributed by atoms with Crippen molar-refractivity contribution in [2.24, 2.45) is 0 Å². The minimum absolute atomic E-state index is 0.0147. The van der Waals surface area contributed by atoms with Gasteiger partial charge in [0, 0.05) is 4.47 Å². The van der Waals surface area contributed by atoms with E-state index in [1.165, 1.54) is 26.4 Å². The maximum atomic E-state index is 13.7. The van der Waals surface area contributed by atoms with Crippen LogP contribution in [0.3, 0.4) is 0 Å². The number of carbonyl (C=O) groups is 2. The molecule has 132 valence electrons. The van der Waals surface area contributed by atoms with Gasteiger partial charge in [-0.1, -0.05) is 22.0 Å². The van der Waals surface area contributed by atoms with Crippen LogP contribution in [0.1, 0.15) is 10.4 Å². The first-order chi connectivity index (χ1) is 12.0. The number of nitrogens with one attached hydrogen (secondary N) is 1. The quantitative estimate of drug-likeness (QED) is 0.737. The van der Waals surface area contributed by atoms with E-state index in [0.717, 1.165) is 0 Å². The smallest absolute Gasteiger partial charge is 0.346 e. The van der Waals surface area contributed by atoms with Gasteiger partial charge in [-0.05, 0) is 30.3 Å². The Labute approximate surface area is 152 Å². The molecule has 2 aromatic carbocycles. The predicted molar refractivity (Wildman–Crippen MR) is 92.6 cm³/mol. The Morgan fingerprint density at radius 2 is 1.76 bits per heavy atom. The third-order valence-electron chi connectivity index (χ3n) is 3.17. The van der Waals surface area contributed by atoms with Gasteiger partial charge in [-0.2, -0.15) is 0 Å². The zero-order chi connectivity index (χ0) is 18.4. The minimum atomic E-state index is -0.791. The SMILES string of the molecule is COc1cccc(OC)c1C(=O)OCC(=O)Nc1ccc(Br)cc1F. The monoisotopic (exact) mass is 411 g/mol. The number of carbonyl (C=O) groups excluding carboxylic acids is 2. The van der Waals surface area contributed by atoms with Crippen LogP contribution >= 0.6 is 15.9 Å². The van der Waals surface area contributed by atoms with Crippen molar-refractivity contribution in [3.8, 4) is 11.5 Å². The zero-order valence-electron chi connectivity index (χ0n) is 13.5. The van der Waals surface area contributed by atoms with Crippen LogP contribution in [0, 0.1) is 5.82 Å². The number of rotatable bonds is 6. The highest BCUT2D eigenvalue weighted by Gasteiger charge is 2.20. The fraction of sp³-hybridized carbons (Fsp3) is 0.176. The van der Waals surface area contributed by atoms with Crippen LogP contribution in [-0.2, 0) is 9.53 Å². The number of methoxy groups -OCH3 is 2. The third kappa shape index (κ3) is 4.69. The molecule has 0 saturated carbocycles. The average molecular weight is 412 g/mol. The van der Waals surface area contributed by atoms with E-state index in [1.54, 1.807) is 24.3 Å². The van der Waals surface area contributed by atoms with E-state index < -0.39 is 24.3 Å². The number of benzene rings is 2. The molecule has 0 radical (unpaired) electrons. The molecule has 0 unspecified atom stereocenters. The van der Waals surface area contributed by atoms with Gasteiger partial charge in [0.05, 0.1) is 19.9 Å². The first-order valence-electron chi connectivity index (χ1n) is 7.09. The third-order valence-corrected chi connectivity index (χ3v) is 3.66. The Morgan fingerprint density at radius 3 is 2.32 bits per heavy atom. The van der Waals surface area contributed by atoms with Crippen molar-refractivity contribution in [3.05, 3.63) is 52.3 Å². The summed E-state index contributed by atoms with van der Waals surface area (Å²) in [6.07, 6.45) is 0. The van der Waals surface area contributed by atoms with Gasteiger partial charge in [0.1, 0.15) is 22.9 Å². The van der Waals surface area contributed by atoms with Crippen LogP contribution in [0.5, 0.6) is 11.5 Å². The lowest BCUT2D eigenvalue weighted by Crippen LogP contribution is -2.22. The molecule has 1 amide bonds. The highest BCUT2D eigenvalue weighted by atomic mass is 79.9. The summed E-state index contributed by atoms with van der Waals surface area (Å²) >= 11 is 3.12. The van der Waals surface area contributed by atoms with Crippen molar-refractivity contribution < 1.29 is 28.2 Å². The largest absolute Gasteiger partial charge is 0.496 e. The minimum Gasteiger partial charge on any atom is -0.496 e. The molecular formula is C17H15BrFNO5. The highest BCUT2D eigenvalue weighted by Crippen LogP contribution is 2.28. The first kappa shape index (κ1) is 18.7. The van der Waals surface area contributed by atoms with E-state index in [4.69, 9.17) is 14.2 Å². The first-order valence-corrected chi connectivity index (χ1v) is 7.88. The number of esters is 1. The molecule has 0 fully saturated rings. The summed E-state index contributed by atoms with van der Waals surface area (Å²) < 4.78 is 29.4. The summed E-state index contributed by atoms with van der Waals surface area (Å²) in [6.45, 7) is -0.588. The van der Waals surface area contributed by atoms with Crippen LogP contribution < -0.4 is 14.8 Å². The summed E-state index contributed by atoms with van der Waals surface area (Å²) in [5.74, 6) is -1.57. The van der Waals surface area contributed by atoms with Crippen molar-refractivity contribution in [1.29, 1.82) is 0 Å². The molecular weight excluding hydrogens is 397 g/mol. The Bertz CT molecular complexity index is 774. The van der Waals surface area contributed by atoms with E-state index in [1.807, 2.05) is 0 Å². The fourth-order valence-corrected chi connectivity index (χ4v) is 2.37. The maximum absolute atomic E-state index is 13.7. The van der Waals surface area contributed by atoms with Crippen molar-refractivity contribution >= 4 is 33.5 Å². The second kappa shape index (κ2) is 8.48. The summed E-state index contributed by atoms with van der Waals surface area (Å²) in [5.41, 5.74) is 0.0502. The molecule has 2 aromatic rings. The average Bonchev–Trinajstić information content (AvgIpc) is 2.61. The Morgan fingerprint density at radius 1 is 1.12 bits per heavy atom. The molecule has 0 aromatic heterocycles. The number of hydrogen-bond donors (Lipinski definition) is 1. The molecule has 0 saturated heterocycles. The van der Waals surface area contributed by atoms with E-state index in [-0.39, 0.29) is 22.7 Å². The Kier molecular flexibility index (Phi) is 6.35. The van der Waals surface area contributed by atoms with Gasteiger partial charge < -0.3 is 19.5 Å². The van der Waals surface area contributed by atoms with Gasteiger partial charge >= 0.3 is 5.97 Å². The van der Waals surface area contributed by atoms with Gasteiger partial charge in [0.25, 0.3) is 5.91 Å². The zero-order valence-corrected chi connectivity index (χ0v) is 15.1. The van der Waals surface area contributed by atoms with Gasteiger partial charge in [0.15, 0.2) is 6.61 Å². The number of ether oxygens (including phenoxy) is 3. The molecule has 0 aliphatic carbocycles. The van der Waals surface area contributed by atoms with Crippen molar-refractivity contribution in [3.63, 3.8) is 0 Å². The van der Waals surface area contributed by atoms with Crippen LogP contribution in [0.25, 0.3) is 0 Å². The van der Waals surface area contributed by atoms with Crippen LogP contribution in [-0.4, -0.2) is 32.7 Å². The van der Waals surface area contributed by atoms with E-state index in [2.05, 4.69) is 21.2 Å². The van der Waals surface area contributed by atoms with Crippen LogP contribution in [0.15, 0.2) is 40.9 Å². The fourth-order valence-electron chi connectivity index (χ4n) is 2.03. The molecule has 0 spiro atoms. The molecule has 1 N–H and O–H groups in total. The standard InChI is InChI=1S/C17H15BrFNO5/c1-23-13-4-3-5-14(24-2)16(13)17(22)25-9-15(21)20-12-7-6-10(18)8-11(12)19/h3-8H,9H2,1-2H3,(H,20,21). The molecule has 0 aliphatic rings. The number of amides is 1. The van der Waals surface area contributed by atoms with Crippen molar-refractivity contribution in [1.82, 2.24) is 0 Å². The molecule has 0 bridgehead atoms. The van der Waals surface area contributed by atoms with Crippen LogP contribution in [0.4, 0.5) is 10.1 Å². The predicted octanol–water partition coefficient (Wildman–Crippen LogP) is 3.40. The summed E-state index contributed by atoms with van der Waals surface area (Å²) in [6, 6.07) is 8.96. The van der Waals surface area contributed by atoms with E-state index in [0.29, 0.717) is 4.47 Å². The highest BCUT2D eigenvalue weighted by molar-refractivity contribution is 9.10. The van der Waals surface area contributed by atoms with Gasteiger partial charge in [-0.15, -0.1) is 0 Å². The molecule has 25 heavy (non-hydrogen) atoms. The summed E-state index contributed by atoms with van der Waals surface area (Å²) in [5, 5.41) is 2.33. The lowest BCUT2D eigenvalue weighted by Gasteiger charge is -2.12. The second-order valence-corrected chi connectivity index (χ2v) is 5.70. The molecule has 2 rings (SSSR count). The lowest BCUT2D eigenvalue weighted by atomic mass is 10.2.